The third-order valence-corrected chi connectivity index (χ3v) is 5.71. The Morgan fingerprint density at radius 2 is 1.86 bits per heavy atom. The highest BCUT2D eigenvalue weighted by molar-refractivity contribution is 4.93. The molecule has 2 atom stereocenters. The zero-order valence-electron chi connectivity index (χ0n) is 13.4. The summed E-state index contributed by atoms with van der Waals surface area (Å²) in [5.41, 5.74) is 0.250. The van der Waals surface area contributed by atoms with Crippen LogP contribution in [-0.4, -0.2) is 60.3 Å². The third kappa shape index (κ3) is 3.59. The van der Waals surface area contributed by atoms with Crippen LogP contribution in [0.2, 0.25) is 0 Å². The predicted molar refractivity (Wildman–Crippen MR) is 83.0 cm³/mol. The fraction of sp³-hybridized carbons (Fsp3) is 0.941. The molecule has 3 rings (SSSR count). The first-order valence-corrected chi connectivity index (χ1v) is 8.75. The van der Waals surface area contributed by atoms with Crippen molar-refractivity contribution in [3.8, 4) is 6.07 Å². The molecule has 1 saturated carbocycles. The van der Waals surface area contributed by atoms with Crippen LogP contribution in [0.1, 0.15) is 51.9 Å². The van der Waals surface area contributed by atoms with Crippen LogP contribution in [0.5, 0.6) is 0 Å². The van der Waals surface area contributed by atoms with E-state index < -0.39 is 0 Å². The topological polar surface area (TPSA) is 39.5 Å². The summed E-state index contributed by atoms with van der Waals surface area (Å²) >= 11 is 0. The molecule has 3 fully saturated rings. The van der Waals surface area contributed by atoms with Crippen LogP contribution in [0.3, 0.4) is 0 Å². The molecular weight excluding hydrogens is 262 g/mol. The van der Waals surface area contributed by atoms with Crippen molar-refractivity contribution in [1.29, 1.82) is 5.26 Å². The zero-order valence-corrected chi connectivity index (χ0v) is 13.4. The highest BCUT2D eigenvalue weighted by Gasteiger charge is 2.41. The van der Waals surface area contributed by atoms with Crippen molar-refractivity contribution in [3.05, 3.63) is 0 Å². The minimum atomic E-state index is 0.0559. The van der Waals surface area contributed by atoms with Gasteiger partial charge in [-0.25, -0.2) is 0 Å². The average molecular weight is 291 g/mol. The van der Waals surface area contributed by atoms with Gasteiger partial charge >= 0.3 is 0 Å². The number of rotatable bonds is 3. The Balaban J connectivity index is 1.43. The predicted octanol–water partition coefficient (Wildman–Crippen LogP) is 2.40. The molecule has 4 heteroatoms. The molecule has 0 bridgehead atoms. The van der Waals surface area contributed by atoms with Gasteiger partial charge in [-0.15, -0.1) is 0 Å². The van der Waals surface area contributed by atoms with Crippen molar-refractivity contribution < 1.29 is 4.74 Å². The lowest BCUT2D eigenvalue weighted by atomic mass is 9.83. The molecule has 118 valence electrons. The van der Waals surface area contributed by atoms with Crippen LogP contribution in [0.25, 0.3) is 0 Å². The van der Waals surface area contributed by atoms with Crippen LogP contribution in [0.4, 0.5) is 0 Å². The van der Waals surface area contributed by atoms with Gasteiger partial charge in [0.25, 0.3) is 0 Å². The second-order valence-corrected chi connectivity index (χ2v) is 7.16. The van der Waals surface area contributed by atoms with E-state index in [9.17, 15) is 0 Å². The standard InChI is InChI=1S/C17H29N3O/c1-15(13-18)20-11-9-19(10-12-20)14-16-5-8-17(21-16)6-3-2-4-7-17/h15-16H,2-12,14H2,1H3. The second-order valence-electron chi connectivity index (χ2n) is 7.16. The monoisotopic (exact) mass is 291 g/mol. The number of hydrogen-bond acceptors (Lipinski definition) is 4. The maximum atomic E-state index is 9.00. The van der Waals surface area contributed by atoms with Gasteiger partial charge in [0.1, 0.15) is 0 Å². The molecule has 2 unspecified atom stereocenters. The molecule has 0 aromatic rings. The van der Waals surface area contributed by atoms with Gasteiger partial charge in [-0.2, -0.15) is 5.26 Å². The van der Waals surface area contributed by atoms with Gasteiger partial charge < -0.3 is 4.74 Å². The number of piperazine rings is 1. The number of nitrogens with zero attached hydrogens (tertiary/aromatic N) is 3. The molecular formula is C17H29N3O. The van der Waals surface area contributed by atoms with E-state index in [1.165, 1.54) is 44.9 Å². The summed E-state index contributed by atoms with van der Waals surface area (Å²) in [6, 6.07) is 2.40. The Hall–Kier alpha value is -0.630. The molecule has 1 spiro atoms. The van der Waals surface area contributed by atoms with E-state index in [0.717, 1.165) is 32.7 Å². The first kappa shape index (κ1) is 15.3. The Morgan fingerprint density at radius 3 is 2.52 bits per heavy atom. The van der Waals surface area contributed by atoms with Gasteiger partial charge in [0.15, 0.2) is 0 Å². The van der Waals surface area contributed by atoms with E-state index >= 15 is 0 Å². The molecule has 0 aromatic carbocycles. The zero-order chi connectivity index (χ0) is 14.7. The maximum Gasteiger partial charge on any atom is 0.0950 e. The molecule has 0 amide bonds. The lowest BCUT2D eigenvalue weighted by molar-refractivity contribution is -0.0745. The summed E-state index contributed by atoms with van der Waals surface area (Å²) in [7, 11) is 0. The molecule has 0 radical (unpaired) electrons. The lowest BCUT2D eigenvalue weighted by Crippen LogP contribution is -2.51. The summed E-state index contributed by atoms with van der Waals surface area (Å²) in [6.45, 7) is 7.30. The van der Waals surface area contributed by atoms with E-state index in [-0.39, 0.29) is 11.6 Å². The van der Waals surface area contributed by atoms with Crippen LogP contribution < -0.4 is 0 Å². The Labute approximate surface area is 129 Å². The SMILES string of the molecule is CC(C#N)N1CCN(CC2CCC3(CCCCC3)O2)CC1. The van der Waals surface area contributed by atoms with E-state index in [1.54, 1.807) is 0 Å². The molecule has 21 heavy (non-hydrogen) atoms. The van der Waals surface area contributed by atoms with E-state index in [0.29, 0.717) is 6.10 Å². The number of ether oxygens (including phenoxy) is 1. The van der Waals surface area contributed by atoms with Gasteiger partial charge in [0.2, 0.25) is 0 Å². The first-order chi connectivity index (χ1) is 10.2. The summed E-state index contributed by atoms with van der Waals surface area (Å²) in [6.07, 6.45) is 9.67. The molecule has 4 nitrogen and oxygen atoms in total. The highest BCUT2D eigenvalue weighted by Crippen LogP contribution is 2.42. The smallest absolute Gasteiger partial charge is 0.0950 e. The van der Waals surface area contributed by atoms with Gasteiger partial charge in [-0.1, -0.05) is 19.3 Å². The Morgan fingerprint density at radius 1 is 1.14 bits per heavy atom. The maximum absolute atomic E-state index is 9.00. The van der Waals surface area contributed by atoms with E-state index in [1.807, 2.05) is 6.92 Å². The van der Waals surface area contributed by atoms with Crippen LogP contribution in [0.15, 0.2) is 0 Å². The Kier molecular flexibility index (Phi) is 4.83. The van der Waals surface area contributed by atoms with Crippen molar-refractivity contribution in [2.24, 2.45) is 0 Å². The van der Waals surface area contributed by atoms with E-state index in [4.69, 9.17) is 10.00 Å². The van der Waals surface area contributed by atoms with Gasteiger partial charge in [0, 0.05) is 32.7 Å². The van der Waals surface area contributed by atoms with Crippen LogP contribution in [-0.2, 0) is 4.74 Å². The normalized spacial score (nSPS) is 32.1. The van der Waals surface area contributed by atoms with Gasteiger partial charge in [-0.3, -0.25) is 9.80 Å². The minimum absolute atomic E-state index is 0.0559. The van der Waals surface area contributed by atoms with Crippen molar-refractivity contribution in [3.63, 3.8) is 0 Å². The van der Waals surface area contributed by atoms with E-state index in [2.05, 4.69) is 15.9 Å². The fourth-order valence-electron chi connectivity index (χ4n) is 4.29. The van der Waals surface area contributed by atoms with Crippen molar-refractivity contribution in [1.82, 2.24) is 9.80 Å². The largest absolute Gasteiger partial charge is 0.370 e. The summed E-state index contributed by atoms with van der Waals surface area (Å²) < 4.78 is 6.48. The summed E-state index contributed by atoms with van der Waals surface area (Å²) in [5.74, 6) is 0. The molecule has 2 aliphatic heterocycles. The molecule has 2 heterocycles. The third-order valence-electron chi connectivity index (χ3n) is 5.71. The lowest BCUT2D eigenvalue weighted by Gasteiger charge is -2.38. The fourth-order valence-corrected chi connectivity index (χ4v) is 4.29. The van der Waals surface area contributed by atoms with Crippen LogP contribution >= 0.6 is 0 Å². The molecule has 3 aliphatic rings. The molecule has 0 N–H and O–H groups in total. The number of nitriles is 1. The van der Waals surface area contributed by atoms with Crippen LogP contribution in [0, 0.1) is 11.3 Å². The number of hydrogen-bond donors (Lipinski definition) is 0. The highest BCUT2D eigenvalue weighted by atomic mass is 16.5. The first-order valence-electron chi connectivity index (χ1n) is 8.75. The summed E-state index contributed by atoms with van der Waals surface area (Å²) in [4.78, 5) is 4.82. The minimum Gasteiger partial charge on any atom is -0.370 e. The van der Waals surface area contributed by atoms with Crippen molar-refractivity contribution in [2.45, 2.75) is 69.6 Å². The van der Waals surface area contributed by atoms with Gasteiger partial charge in [0.05, 0.1) is 23.8 Å². The quantitative estimate of drug-likeness (QED) is 0.800. The van der Waals surface area contributed by atoms with Gasteiger partial charge in [-0.05, 0) is 32.6 Å². The van der Waals surface area contributed by atoms with Crippen molar-refractivity contribution in [2.75, 3.05) is 32.7 Å². The molecule has 0 aromatic heterocycles. The average Bonchev–Trinajstić information content (AvgIpc) is 2.90. The second kappa shape index (κ2) is 6.64. The molecule has 2 saturated heterocycles. The Bertz CT molecular complexity index is 378. The molecule has 1 aliphatic carbocycles. The summed E-state index contributed by atoms with van der Waals surface area (Å²) in [5, 5.41) is 9.00. The van der Waals surface area contributed by atoms with Crippen molar-refractivity contribution >= 4 is 0 Å².